The molecular weight excluding hydrogens is 256 g/mol. The molecule has 0 saturated heterocycles. The fraction of sp³-hybridized carbons (Fsp3) is 0.533. The summed E-state index contributed by atoms with van der Waals surface area (Å²) in [4.78, 5) is 27.3. The van der Waals surface area contributed by atoms with Crippen molar-refractivity contribution in [3.63, 3.8) is 0 Å². The third-order valence-electron chi connectivity index (χ3n) is 4.07. The highest BCUT2D eigenvalue weighted by atomic mass is 16.4. The molecule has 1 aliphatic rings. The number of hydrogen-bond donors (Lipinski definition) is 2. The van der Waals surface area contributed by atoms with E-state index in [-0.39, 0.29) is 22.7 Å². The molecule has 5 heteroatoms. The van der Waals surface area contributed by atoms with Crippen molar-refractivity contribution in [2.24, 2.45) is 5.41 Å². The van der Waals surface area contributed by atoms with Crippen molar-refractivity contribution < 1.29 is 14.7 Å². The van der Waals surface area contributed by atoms with E-state index in [0.29, 0.717) is 0 Å². The van der Waals surface area contributed by atoms with E-state index in [2.05, 4.69) is 24.1 Å². The fourth-order valence-corrected chi connectivity index (χ4v) is 2.75. The molecule has 1 aliphatic carbocycles. The number of pyridine rings is 1. The normalized spacial score (nSPS) is 21.2. The van der Waals surface area contributed by atoms with Gasteiger partial charge in [-0.05, 0) is 30.4 Å². The number of carboxylic acids is 1. The van der Waals surface area contributed by atoms with E-state index >= 15 is 0 Å². The Hall–Kier alpha value is -1.91. The molecule has 1 fully saturated rings. The first-order chi connectivity index (χ1) is 9.42. The van der Waals surface area contributed by atoms with E-state index in [0.717, 1.165) is 19.3 Å². The van der Waals surface area contributed by atoms with E-state index in [1.54, 1.807) is 0 Å². The number of nitrogens with zero attached hydrogens (tertiary/aromatic N) is 1. The fourth-order valence-electron chi connectivity index (χ4n) is 2.75. The summed E-state index contributed by atoms with van der Waals surface area (Å²) in [5.74, 6) is -1.53. The van der Waals surface area contributed by atoms with Crippen LogP contribution in [0.1, 0.15) is 60.4 Å². The van der Waals surface area contributed by atoms with Gasteiger partial charge in [0.25, 0.3) is 5.91 Å². The molecule has 1 saturated carbocycles. The first-order valence-corrected chi connectivity index (χ1v) is 6.91. The van der Waals surface area contributed by atoms with Crippen LogP contribution >= 0.6 is 0 Å². The van der Waals surface area contributed by atoms with Gasteiger partial charge in [-0.3, -0.25) is 9.78 Å². The second-order valence-corrected chi connectivity index (χ2v) is 5.97. The van der Waals surface area contributed by atoms with Crippen LogP contribution in [0.2, 0.25) is 0 Å². The molecule has 20 heavy (non-hydrogen) atoms. The van der Waals surface area contributed by atoms with Crippen LogP contribution in [0.5, 0.6) is 0 Å². The number of hydrogen-bond acceptors (Lipinski definition) is 3. The number of aromatic nitrogens is 1. The monoisotopic (exact) mass is 276 g/mol. The number of carbonyl (C=O) groups is 2. The van der Waals surface area contributed by atoms with Crippen LogP contribution in [0.3, 0.4) is 0 Å². The van der Waals surface area contributed by atoms with Crippen molar-refractivity contribution >= 4 is 11.9 Å². The lowest BCUT2D eigenvalue weighted by atomic mass is 9.73. The van der Waals surface area contributed by atoms with Gasteiger partial charge >= 0.3 is 5.97 Å². The Balaban J connectivity index is 2.18. The lowest BCUT2D eigenvalue weighted by Gasteiger charge is -2.39. The van der Waals surface area contributed by atoms with E-state index < -0.39 is 11.9 Å². The van der Waals surface area contributed by atoms with Gasteiger partial charge < -0.3 is 10.4 Å². The average Bonchev–Trinajstić information content (AvgIpc) is 2.41. The summed E-state index contributed by atoms with van der Waals surface area (Å²) in [7, 11) is 0. The predicted molar refractivity (Wildman–Crippen MR) is 74.7 cm³/mol. The van der Waals surface area contributed by atoms with Crippen molar-refractivity contribution in [3.8, 4) is 0 Å². The van der Waals surface area contributed by atoms with Gasteiger partial charge in [0.2, 0.25) is 0 Å². The summed E-state index contributed by atoms with van der Waals surface area (Å²) >= 11 is 0. The molecule has 1 heterocycles. The first kappa shape index (κ1) is 14.5. The molecule has 1 aromatic heterocycles. The van der Waals surface area contributed by atoms with E-state index in [1.165, 1.54) is 24.8 Å². The summed E-state index contributed by atoms with van der Waals surface area (Å²) in [5, 5.41) is 12.1. The predicted octanol–water partition coefficient (Wildman–Crippen LogP) is 2.48. The molecule has 1 unspecified atom stereocenters. The Bertz CT molecular complexity index is 526. The van der Waals surface area contributed by atoms with Gasteiger partial charge in [-0.2, -0.15) is 0 Å². The Labute approximate surface area is 118 Å². The van der Waals surface area contributed by atoms with Crippen molar-refractivity contribution in [1.82, 2.24) is 10.3 Å². The molecule has 2 N–H and O–H groups in total. The Morgan fingerprint density at radius 3 is 2.80 bits per heavy atom. The third kappa shape index (κ3) is 2.98. The molecule has 2 rings (SSSR count). The SMILES string of the molecule is CC1(C)CCCCC1NC(=O)c1ncccc1C(=O)O. The van der Waals surface area contributed by atoms with Gasteiger partial charge in [0.1, 0.15) is 5.69 Å². The molecule has 0 radical (unpaired) electrons. The van der Waals surface area contributed by atoms with Gasteiger partial charge in [0, 0.05) is 12.2 Å². The lowest BCUT2D eigenvalue weighted by molar-refractivity contribution is 0.0686. The highest BCUT2D eigenvalue weighted by Gasteiger charge is 2.34. The van der Waals surface area contributed by atoms with E-state index in [4.69, 9.17) is 5.11 Å². The van der Waals surface area contributed by atoms with E-state index in [1.807, 2.05) is 0 Å². The maximum atomic E-state index is 12.3. The first-order valence-electron chi connectivity index (χ1n) is 6.91. The Morgan fingerprint density at radius 2 is 2.15 bits per heavy atom. The van der Waals surface area contributed by atoms with Crippen LogP contribution in [-0.4, -0.2) is 28.0 Å². The minimum Gasteiger partial charge on any atom is -0.478 e. The highest BCUT2D eigenvalue weighted by molar-refractivity contribution is 6.03. The molecular formula is C15H20N2O3. The van der Waals surface area contributed by atoms with Gasteiger partial charge in [0.15, 0.2) is 0 Å². The van der Waals surface area contributed by atoms with Gasteiger partial charge in [0.05, 0.1) is 5.56 Å². The van der Waals surface area contributed by atoms with Crippen LogP contribution in [0, 0.1) is 5.41 Å². The van der Waals surface area contributed by atoms with Gasteiger partial charge in [-0.15, -0.1) is 0 Å². The molecule has 5 nitrogen and oxygen atoms in total. The standard InChI is InChI=1S/C15H20N2O3/c1-15(2)8-4-3-7-11(15)17-13(18)12-10(14(19)20)6-5-9-16-12/h5-6,9,11H,3-4,7-8H2,1-2H3,(H,17,18)(H,19,20). The van der Waals surface area contributed by atoms with Crippen molar-refractivity contribution in [2.75, 3.05) is 0 Å². The molecule has 1 amide bonds. The van der Waals surface area contributed by atoms with E-state index in [9.17, 15) is 9.59 Å². The van der Waals surface area contributed by atoms with Crippen LogP contribution in [0.4, 0.5) is 0 Å². The Morgan fingerprint density at radius 1 is 1.40 bits per heavy atom. The maximum absolute atomic E-state index is 12.3. The largest absolute Gasteiger partial charge is 0.478 e. The van der Waals surface area contributed by atoms with Crippen molar-refractivity contribution in [2.45, 2.75) is 45.6 Å². The summed E-state index contributed by atoms with van der Waals surface area (Å²) in [6, 6.07) is 2.98. The second kappa shape index (κ2) is 5.61. The van der Waals surface area contributed by atoms with Crippen LogP contribution in [0.25, 0.3) is 0 Å². The molecule has 0 aliphatic heterocycles. The summed E-state index contributed by atoms with van der Waals surface area (Å²) < 4.78 is 0. The number of aromatic carboxylic acids is 1. The van der Waals surface area contributed by atoms with Gasteiger partial charge in [-0.25, -0.2) is 4.79 Å². The van der Waals surface area contributed by atoms with Crippen molar-refractivity contribution in [3.05, 3.63) is 29.6 Å². The quantitative estimate of drug-likeness (QED) is 0.889. The number of amides is 1. The average molecular weight is 276 g/mol. The molecule has 108 valence electrons. The minimum atomic E-state index is -1.13. The topological polar surface area (TPSA) is 79.3 Å². The zero-order chi connectivity index (χ0) is 14.8. The second-order valence-electron chi connectivity index (χ2n) is 5.97. The number of nitrogens with one attached hydrogen (secondary N) is 1. The van der Waals surface area contributed by atoms with Crippen LogP contribution in [0.15, 0.2) is 18.3 Å². The molecule has 1 atom stereocenters. The molecule has 0 spiro atoms. The minimum absolute atomic E-state index is 0.0126. The maximum Gasteiger partial charge on any atom is 0.338 e. The number of carboxylic acid groups (broad SMARTS) is 1. The summed E-state index contributed by atoms with van der Waals surface area (Å²) in [6.45, 7) is 4.27. The molecule has 0 bridgehead atoms. The molecule has 1 aromatic rings. The zero-order valence-electron chi connectivity index (χ0n) is 11.8. The van der Waals surface area contributed by atoms with Crippen LogP contribution in [-0.2, 0) is 0 Å². The molecule has 0 aromatic carbocycles. The highest BCUT2D eigenvalue weighted by Crippen LogP contribution is 2.35. The van der Waals surface area contributed by atoms with Gasteiger partial charge in [-0.1, -0.05) is 26.7 Å². The summed E-state index contributed by atoms with van der Waals surface area (Å²) in [5.41, 5.74) is -0.0356. The number of carbonyl (C=O) groups excluding carboxylic acids is 1. The lowest BCUT2D eigenvalue weighted by Crippen LogP contribution is -2.47. The third-order valence-corrected chi connectivity index (χ3v) is 4.07. The Kier molecular flexibility index (Phi) is 4.06. The summed E-state index contributed by atoms with van der Waals surface area (Å²) in [6.07, 6.45) is 5.68. The number of rotatable bonds is 3. The van der Waals surface area contributed by atoms with Crippen molar-refractivity contribution in [1.29, 1.82) is 0 Å². The smallest absolute Gasteiger partial charge is 0.338 e. The van der Waals surface area contributed by atoms with Crippen LogP contribution < -0.4 is 5.32 Å². The zero-order valence-corrected chi connectivity index (χ0v) is 11.8.